The van der Waals surface area contributed by atoms with E-state index < -0.39 is 37.7 Å². The number of nitrogens with zero attached hydrogens (tertiary/aromatic N) is 4. The SMILES string of the molecule is COc1cc(C(=O)N[C@@H](CP(=O)(O)O)C(=O)N2CCN(C(=O)O)CC2)nc(-c2ccccc2)n1. The van der Waals surface area contributed by atoms with E-state index in [1.165, 1.54) is 18.1 Å². The summed E-state index contributed by atoms with van der Waals surface area (Å²) in [5.74, 6) is -1.31. The van der Waals surface area contributed by atoms with E-state index in [9.17, 15) is 28.7 Å². The van der Waals surface area contributed by atoms with Gasteiger partial charge in [-0.15, -0.1) is 0 Å². The van der Waals surface area contributed by atoms with E-state index in [0.29, 0.717) is 5.56 Å². The molecule has 1 saturated heterocycles. The number of methoxy groups -OCH3 is 1. The minimum absolute atomic E-state index is 0.0259. The van der Waals surface area contributed by atoms with Gasteiger partial charge in [-0.05, 0) is 0 Å². The lowest BCUT2D eigenvalue weighted by Gasteiger charge is -2.35. The van der Waals surface area contributed by atoms with Crippen molar-refractivity contribution in [2.24, 2.45) is 0 Å². The van der Waals surface area contributed by atoms with Crippen LogP contribution in [0.2, 0.25) is 0 Å². The summed E-state index contributed by atoms with van der Waals surface area (Å²) in [5.41, 5.74) is 0.444. The highest BCUT2D eigenvalue weighted by atomic mass is 31.2. The monoisotopic (exact) mass is 493 g/mol. The number of aromatic nitrogens is 2. The lowest BCUT2D eigenvalue weighted by Crippen LogP contribution is -2.56. The van der Waals surface area contributed by atoms with Gasteiger partial charge in [0.15, 0.2) is 5.82 Å². The predicted octanol–water partition coefficient (Wildman–Crippen LogP) is 0.251. The van der Waals surface area contributed by atoms with Crippen LogP contribution >= 0.6 is 7.60 Å². The first-order chi connectivity index (χ1) is 16.1. The van der Waals surface area contributed by atoms with Gasteiger partial charge in [-0.2, -0.15) is 4.98 Å². The molecule has 34 heavy (non-hydrogen) atoms. The van der Waals surface area contributed by atoms with E-state index in [0.717, 1.165) is 4.90 Å². The number of hydrogen-bond acceptors (Lipinski definition) is 7. The van der Waals surface area contributed by atoms with Crippen molar-refractivity contribution in [1.82, 2.24) is 25.1 Å². The first kappa shape index (κ1) is 25.1. The van der Waals surface area contributed by atoms with Crippen molar-refractivity contribution >= 4 is 25.5 Å². The van der Waals surface area contributed by atoms with Crippen molar-refractivity contribution in [3.05, 3.63) is 42.1 Å². The van der Waals surface area contributed by atoms with E-state index in [-0.39, 0.29) is 43.6 Å². The van der Waals surface area contributed by atoms with Crippen LogP contribution in [-0.4, -0.2) is 98.1 Å². The van der Waals surface area contributed by atoms with Crippen molar-refractivity contribution in [3.63, 3.8) is 0 Å². The fraction of sp³-hybridized carbons (Fsp3) is 0.350. The third-order valence-electron chi connectivity index (χ3n) is 5.06. The fourth-order valence-electron chi connectivity index (χ4n) is 3.36. The minimum Gasteiger partial charge on any atom is -0.481 e. The zero-order valence-corrected chi connectivity index (χ0v) is 19.1. The van der Waals surface area contributed by atoms with Crippen LogP contribution in [0, 0.1) is 0 Å². The second-order valence-corrected chi connectivity index (χ2v) is 9.15. The van der Waals surface area contributed by atoms with Crippen LogP contribution in [0.3, 0.4) is 0 Å². The predicted molar refractivity (Wildman–Crippen MR) is 118 cm³/mol. The number of ether oxygens (including phenoxy) is 1. The van der Waals surface area contributed by atoms with Gasteiger partial charge < -0.3 is 34.7 Å². The number of carbonyl (C=O) groups excluding carboxylic acids is 2. The molecule has 2 heterocycles. The molecule has 13 nitrogen and oxygen atoms in total. The highest BCUT2D eigenvalue weighted by molar-refractivity contribution is 7.51. The number of benzene rings is 1. The van der Waals surface area contributed by atoms with E-state index in [4.69, 9.17) is 9.84 Å². The van der Waals surface area contributed by atoms with Crippen LogP contribution in [0.5, 0.6) is 5.88 Å². The Morgan fingerprint density at radius 1 is 1.09 bits per heavy atom. The third-order valence-corrected chi connectivity index (χ3v) is 5.90. The number of carbonyl (C=O) groups is 3. The first-order valence-corrected chi connectivity index (χ1v) is 12.0. The first-order valence-electron chi connectivity index (χ1n) is 10.2. The Morgan fingerprint density at radius 2 is 1.71 bits per heavy atom. The molecule has 182 valence electrons. The zero-order chi connectivity index (χ0) is 24.9. The van der Waals surface area contributed by atoms with E-state index >= 15 is 0 Å². The number of amides is 3. The summed E-state index contributed by atoms with van der Waals surface area (Å²) in [4.78, 5) is 66.7. The van der Waals surface area contributed by atoms with E-state index in [1.54, 1.807) is 30.3 Å². The summed E-state index contributed by atoms with van der Waals surface area (Å²) < 4.78 is 16.8. The Labute approximate surface area is 194 Å². The maximum Gasteiger partial charge on any atom is 0.407 e. The Bertz CT molecular complexity index is 1100. The second kappa shape index (κ2) is 10.6. The van der Waals surface area contributed by atoms with Gasteiger partial charge >= 0.3 is 13.7 Å². The molecule has 4 N–H and O–H groups in total. The Hall–Kier alpha value is -3.54. The molecule has 0 radical (unpaired) electrons. The average molecular weight is 493 g/mol. The summed E-state index contributed by atoms with van der Waals surface area (Å²) in [6.45, 7) is 0.138. The van der Waals surface area contributed by atoms with Gasteiger partial charge in [0.1, 0.15) is 11.7 Å². The minimum atomic E-state index is -4.70. The number of rotatable bonds is 7. The van der Waals surface area contributed by atoms with Gasteiger partial charge in [-0.25, -0.2) is 9.78 Å². The molecule has 1 fully saturated rings. The van der Waals surface area contributed by atoms with E-state index in [2.05, 4.69) is 15.3 Å². The standard InChI is InChI=1S/C20H24N5O8P/c1-33-16-11-14(21-17(23-16)13-5-3-2-4-6-13)18(26)22-15(12-34(30,31)32)19(27)24-7-9-25(10-8-24)20(28)29/h2-6,11,15H,7-10,12H2,1H3,(H,22,26)(H,28,29)(H2,30,31,32)/t15-/m0/s1. The molecule has 14 heteroatoms. The molecule has 1 aliphatic rings. The molecular formula is C20H24N5O8P. The van der Waals surface area contributed by atoms with Crippen LogP contribution in [0.1, 0.15) is 10.5 Å². The number of hydrogen-bond donors (Lipinski definition) is 4. The van der Waals surface area contributed by atoms with Gasteiger partial charge in [0.05, 0.1) is 13.3 Å². The summed E-state index contributed by atoms with van der Waals surface area (Å²) in [6.07, 6.45) is -2.05. The smallest absolute Gasteiger partial charge is 0.407 e. The zero-order valence-electron chi connectivity index (χ0n) is 18.2. The lowest BCUT2D eigenvalue weighted by molar-refractivity contribution is -0.134. The second-order valence-electron chi connectivity index (χ2n) is 7.45. The van der Waals surface area contributed by atoms with Crippen molar-refractivity contribution in [1.29, 1.82) is 0 Å². The molecule has 0 saturated carbocycles. The number of carboxylic acid groups (broad SMARTS) is 1. The van der Waals surface area contributed by atoms with Gasteiger partial charge in [0, 0.05) is 37.8 Å². The van der Waals surface area contributed by atoms with Crippen LogP contribution < -0.4 is 10.1 Å². The largest absolute Gasteiger partial charge is 0.481 e. The lowest BCUT2D eigenvalue weighted by atomic mass is 10.2. The quantitative estimate of drug-likeness (QED) is 0.390. The average Bonchev–Trinajstić information content (AvgIpc) is 2.82. The maximum atomic E-state index is 13.0. The Kier molecular flexibility index (Phi) is 7.82. The molecule has 1 aromatic heterocycles. The molecule has 3 rings (SSSR count). The van der Waals surface area contributed by atoms with Gasteiger partial charge in [0.2, 0.25) is 11.8 Å². The van der Waals surface area contributed by atoms with Crippen molar-refractivity contribution in [2.45, 2.75) is 6.04 Å². The van der Waals surface area contributed by atoms with E-state index in [1.807, 2.05) is 0 Å². The molecule has 0 aliphatic carbocycles. The molecule has 1 aromatic carbocycles. The van der Waals surface area contributed by atoms with Gasteiger partial charge in [0.25, 0.3) is 5.91 Å². The molecule has 1 atom stereocenters. The summed E-state index contributed by atoms with van der Waals surface area (Å²) >= 11 is 0. The summed E-state index contributed by atoms with van der Waals surface area (Å²) in [5, 5.41) is 11.4. The summed E-state index contributed by atoms with van der Waals surface area (Å²) in [7, 11) is -3.34. The maximum absolute atomic E-state index is 13.0. The highest BCUT2D eigenvalue weighted by Crippen LogP contribution is 2.35. The fourth-order valence-corrected chi connectivity index (χ4v) is 4.08. The Balaban J connectivity index is 1.83. The third kappa shape index (κ3) is 6.50. The Morgan fingerprint density at radius 3 is 2.26 bits per heavy atom. The van der Waals surface area contributed by atoms with Crippen molar-refractivity contribution in [2.75, 3.05) is 39.5 Å². The molecule has 2 aromatic rings. The summed E-state index contributed by atoms with van der Waals surface area (Å²) in [6, 6.07) is 8.47. The van der Waals surface area contributed by atoms with Crippen molar-refractivity contribution < 1.29 is 38.6 Å². The molecule has 3 amide bonds. The highest BCUT2D eigenvalue weighted by Gasteiger charge is 2.34. The molecular weight excluding hydrogens is 469 g/mol. The topological polar surface area (TPSA) is 182 Å². The normalized spacial score (nSPS) is 14.9. The molecule has 1 aliphatic heterocycles. The van der Waals surface area contributed by atoms with Crippen LogP contribution in [-0.2, 0) is 9.36 Å². The molecule has 0 spiro atoms. The van der Waals surface area contributed by atoms with Crippen molar-refractivity contribution in [3.8, 4) is 17.3 Å². The van der Waals surface area contributed by atoms with Crippen LogP contribution in [0.25, 0.3) is 11.4 Å². The number of nitrogens with one attached hydrogen (secondary N) is 1. The molecule has 0 bridgehead atoms. The van der Waals surface area contributed by atoms with Gasteiger partial charge in [-0.1, -0.05) is 30.3 Å². The number of piperazine rings is 1. The molecule has 0 unspecified atom stereocenters. The van der Waals surface area contributed by atoms with Crippen LogP contribution in [0.15, 0.2) is 36.4 Å². The van der Waals surface area contributed by atoms with Gasteiger partial charge in [-0.3, -0.25) is 14.2 Å². The van der Waals surface area contributed by atoms with Crippen LogP contribution in [0.4, 0.5) is 4.79 Å².